The SMILES string of the molecule is Cc1c(C#N)c(O)n(CCOCCOCCO)c(=O)c1N=Nc1ccc(S(=O)(=O)N(C)C)cc1. The van der Waals surface area contributed by atoms with Gasteiger partial charge in [0.25, 0.3) is 5.56 Å². The van der Waals surface area contributed by atoms with Crippen LogP contribution in [0.4, 0.5) is 11.4 Å². The standard InChI is InChI=1S/C21H27N5O7S/c1-15-18(14-22)20(28)26(8-10-32-12-13-33-11-9-27)21(29)19(15)24-23-16-4-6-17(7-5-16)34(30,31)25(2)3/h4-7,27-28H,8-13H2,1-3H3. The fourth-order valence-electron chi connectivity index (χ4n) is 2.81. The summed E-state index contributed by atoms with van der Waals surface area (Å²) in [4.78, 5) is 13.0. The summed E-state index contributed by atoms with van der Waals surface area (Å²) in [5, 5.41) is 36.5. The van der Waals surface area contributed by atoms with E-state index in [1.54, 1.807) is 0 Å². The summed E-state index contributed by atoms with van der Waals surface area (Å²) in [5.74, 6) is -0.498. The molecule has 0 radical (unpaired) electrons. The third-order valence-electron chi connectivity index (χ3n) is 4.72. The number of nitriles is 1. The summed E-state index contributed by atoms with van der Waals surface area (Å²) >= 11 is 0. The zero-order valence-corrected chi connectivity index (χ0v) is 19.9. The van der Waals surface area contributed by atoms with Crippen LogP contribution in [0.3, 0.4) is 0 Å². The molecule has 2 aromatic rings. The van der Waals surface area contributed by atoms with Crippen molar-refractivity contribution in [1.29, 1.82) is 5.26 Å². The first-order chi connectivity index (χ1) is 16.1. The molecule has 2 N–H and O–H groups in total. The summed E-state index contributed by atoms with van der Waals surface area (Å²) in [5.41, 5.74) is -0.460. The number of ether oxygens (including phenoxy) is 2. The maximum Gasteiger partial charge on any atom is 0.281 e. The summed E-state index contributed by atoms with van der Waals surface area (Å²) in [6.07, 6.45) is 0. The van der Waals surface area contributed by atoms with E-state index in [2.05, 4.69) is 10.2 Å². The van der Waals surface area contributed by atoms with Crippen molar-refractivity contribution in [2.24, 2.45) is 10.2 Å². The van der Waals surface area contributed by atoms with Crippen LogP contribution in [0.15, 0.2) is 44.2 Å². The van der Waals surface area contributed by atoms with Gasteiger partial charge >= 0.3 is 0 Å². The molecule has 34 heavy (non-hydrogen) atoms. The van der Waals surface area contributed by atoms with E-state index in [0.717, 1.165) is 8.87 Å². The van der Waals surface area contributed by atoms with Gasteiger partial charge in [-0.2, -0.15) is 10.4 Å². The van der Waals surface area contributed by atoms with Crippen LogP contribution < -0.4 is 5.56 Å². The zero-order valence-electron chi connectivity index (χ0n) is 19.1. The van der Waals surface area contributed by atoms with E-state index >= 15 is 0 Å². The highest BCUT2D eigenvalue weighted by Gasteiger charge is 2.19. The number of aromatic nitrogens is 1. The fourth-order valence-corrected chi connectivity index (χ4v) is 3.71. The van der Waals surface area contributed by atoms with Crippen LogP contribution in [-0.4, -0.2) is 74.6 Å². The van der Waals surface area contributed by atoms with Crippen LogP contribution in [0.5, 0.6) is 5.88 Å². The Morgan fingerprint density at radius 1 is 1.09 bits per heavy atom. The maximum absolute atomic E-state index is 12.9. The van der Waals surface area contributed by atoms with Gasteiger partial charge in [0.15, 0.2) is 5.69 Å². The second-order valence-electron chi connectivity index (χ2n) is 7.17. The number of aliphatic hydroxyl groups excluding tert-OH is 1. The number of aliphatic hydroxyl groups is 1. The minimum atomic E-state index is -3.60. The number of hydrogen-bond acceptors (Lipinski definition) is 10. The predicted octanol–water partition coefficient (Wildman–Crippen LogP) is 1.43. The first-order valence-electron chi connectivity index (χ1n) is 10.2. The molecular weight excluding hydrogens is 466 g/mol. The lowest BCUT2D eigenvalue weighted by Crippen LogP contribution is -2.24. The number of azo groups is 1. The van der Waals surface area contributed by atoms with E-state index in [1.165, 1.54) is 45.3 Å². The molecule has 12 nitrogen and oxygen atoms in total. The summed E-state index contributed by atoms with van der Waals surface area (Å²) in [6, 6.07) is 7.47. The van der Waals surface area contributed by atoms with Gasteiger partial charge in [0, 0.05) is 19.7 Å². The molecule has 0 atom stereocenters. The minimum absolute atomic E-state index is 0.0424. The van der Waals surface area contributed by atoms with Crippen LogP contribution in [0.25, 0.3) is 0 Å². The lowest BCUT2D eigenvalue weighted by molar-refractivity contribution is 0.0304. The smallest absolute Gasteiger partial charge is 0.281 e. The molecule has 0 saturated heterocycles. The second kappa shape index (κ2) is 12.4. The van der Waals surface area contributed by atoms with Crippen molar-refractivity contribution in [2.45, 2.75) is 18.4 Å². The van der Waals surface area contributed by atoms with Crippen molar-refractivity contribution in [3.63, 3.8) is 0 Å². The molecule has 0 saturated carbocycles. The van der Waals surface area contributed by atoms with Crippen LogP contribution in [0, 0.1) is 18.3 Å². The van der Waals surface area contributed by atoms with Crippen molar-refractivity contribution in [3.05, 3.63) is 45.7 Å². The Morgan fingerprint density at radius 3 is 2.26 bits per heavy atom. The molecule has 184 valence electrons. The van der Waals surface area contributed by atoms with Crippen molar-refractivity contribution >= 4 is 21.4 Å². The number of nitrogens with zero attached hydrogens (tertiary/aromatic N) is 5. The monoisotopic (exact) mass is 493 g/mol. The summed E-state index contributed by atoms with van der Waals surface area (Å²) in [7, 11) is -0.756. The molecule has 0 aliphatic carbocycles. The highest BCUT2D eigenvalue weighted by Crippen LogP contribution is 2.27. The number of benzene rings is 1. The molecule has 13 heteroatoms. The molecule has 0 amide bonds. The summed E-state index contributed by atoms with van der Waals surface area (Å²) in [6.45, 7) is 2.06. The van der Waals surface area contributed by atoms with Crippen molar-refractivity contribution in [1.82, 2.24) is 8.87 Å². The molecule has 1 heterocycles. The number of aromatic hydroxyl groups is 1. The van der Waals surface area contributed by atoms with Crippen molar-refractivity contribution < 1.29 is 28.1 Å². The number of rotatable bonds is 12. The van der Waals surface area contributed by atoms with Gasteiger partial charge in [-0.05, 0) is 31.2 Å². The highest BCUT2D eigenvalue weighted by atomic mass is 32.2. The van der Waals surface area contributed by atoms with Gasteiger partial charge in [-0.3, -0.25) is 9.36 Å². The Morgan fingerprint density at radius 2 is 1.71 bits per heavy atom. The van der Waals surface area contributed by atoms with Gasteiger partial charge in [0.05, 0.1) is 50.2 Å². The summed E-state index contributed by atoms with van der Waals surface area (Å²) < 4.78 is 36.8. The van der Waals surface area contributed by atoms with E-state index in [4.69, 9.17) is 14.6 Å². The first kappa shape index (κ1) is 27.1. The van der Waals surface area contributed by atoms with Gasteiger partial charge < -0.3 is 19.7 Å². The molecule has 0 aliphatic rings. The molecule has 0 unspecified atom stereocenters. The van der Waals surface area contributed by atoms with E-state index in [0.29, 0.717) is 5.69 Å². The quantitative estimate of drug-likeness (QED) is 0.331. The minimum Gasteiger partial charge on any atom is -0.493 e. The lowest BCUT2D eigenvalue weighted by atomic mass is 10.1. The Balaban J connectivity index is 2.26. The number of hydrogen-bond donors (Lipinski definition) is 2. The van der Waals surface area contributed by atoms with Gasteiger partial charge in [0.1, 0.15) is 11.6 Å². The molecular formula is C21H27N5O7S. The van der Waals surface area contributed by atoms with Crippen LogP contribution in [-0.2, 0) is 26.0 Å². The largest absolute Gasteiger partial charge is 0.493 e. The van der Waals surface area contributed by atoms with Crippen molar-refractivity contribution in [2.75, 3.05) is 47.1 Å². The van der Waals surface area contributed by atoms with Gasteiger partial charge in [-0.15, -0.1) is 5.11 Å². The number of sulfonamides is 1. The third kappa shape index (κ3) is 6.46. The Bertz CT molecular complexity index is 1220. The maximum atomic E-state index is 12.9. The zero-order chi connectivity index (χ0) is 25.3. The first-order valence-corrected chi connectivity index (χ1v) is 11.7. The molecule has 0 spiro atoms. The molecule has 0 bridgehead atoms. The Hall–Kier alpha value is -3.15. The van der Waals surface area contributed by atoms with Crippen LogP contribution in [0.2, 0.25) is 0 Å². The number of pyridine rings is 1. The molecule has 1 aromatic heterocycles. The van der Waals surface area contributed by atoms with E-state index in [1.807, 2.05) is 6.07 Å². The topological polar surface area (TPSA) is 167 Å². The molecule has 2 rings (SSSR count). The second-order valence-corrected chi connectivity index (χ2v) is 9.32. The Labute approximate surface area is 197 Å². The molecule has 1 aromatic carbocycles. The predicted molar refractivity (Wildman–Crippen MR) is 122 cm³/mol. The van der Waals surface area contributed by atoms with Crippen molar-refractivity contribution in [3.8, 4) is 11.9 Å². The molecule has 0 fully saturated rings. The normalized spacial score (nSPS) is 11.9. The van der Waals surface area contributed by atoms with Gasteiger partial charge in [-0.25, -0.2) is 12.7 Å². The third-order valence-corrected chi connectivity index (χ3v) is 6.55. The van der Waals surface area contributed by atoms with E-state index in [9.17, 15) is 23.6 Å². The van der Waals surface area contributed by atoms with Gasteiger partial charge in [0.2, 0.25) is 15.9 Å². The Kier molecular flexibility index (Phi) is 9.84. The average Bonchev–Trinajstić information content (AvgIpc) is 2.80. The fraction of sp³-hybridized carbons (Fsp3) is 0.429. The van der Waals surface area contributed by atoms with E-state index < -0.39 is 21.5 Å². The van der Waals surface area contributed by atoms with E-state index in [-0.39, 0.29) is 61.3 Å². The lowest BCUT2D eigenvalue weighted by Gasteiger charge is -2.13. The van der Waals surface area contributed by atoms with Crippen LogP contribution in [0.1, 0.15) is 11.1 Å². The van der Waals surface area contributed by atoms with Crippen LogP contribution >= 0.6 is 0 Å². The highest BCUT2D eigenvalue weighted by molar-refractivity contribution is 7.89. The van der Waals surface area contributed by atoms with Gasteiger partial charge in [-0.1, -0.05) is 0 Å². The average molecular weight is 494 g/mol. The molecule has 0 aliphatic heterocycles.